The number of rotatable bonds is 4. The van der Waals surface area contributed by atoms with Gasteiger partial charge in [-0.3, -0.25) is 4.98 Å². The summed E-state index contributed by atoms with van der Waals surface area (Å²) in [7, 11) is 1.87. The van der Waals surface area contributed by atoms with Crippen molar-refractivity contribution in [3.63, 3.8) is 0 Å². The van der Waals surface area contributed by atoms with E-state index >= 15 is 0 Å². The number of likely N-dealkylation sites (N-methyl/N-ethyl adjacent to an activating group) is 1. The van der Waals surface area contributed by atoms with Crippen LogP contribution in [0.25, 0.3) is 0 Å². The molecular formula is C14H13Cl3N2. The maximum absolute atomic E-state index is 6.19. The first-order valence-corrected chi connectivity index (χ1v) is 6.97. The SMILES string of the molecule is CNC(Cc1ccccc1Cl)c1ncc(Cl)cc1Cl. The summed E-state index contributed by atoms with van der Waals surface area (Å²) in [6, 6.07) is 9.43. The van der Waals surface area contributed by atoms with E-state index in [1.807, 2.05) is 31.3 Å². The number of nitrogens with zero attached hydrogens (tertiary/aromatic N) is 1. The summed E-state index contributed by atoms with van der Waals surface area (Å²) in [6.07, 6.45) is 2.31. The van der Waals surface area contributed by atoms with Crippen LogP contribution in [0.4, 0.5) is 0 Å². The molecule has 1 atom stereocenters. The van der Waals surface area contributed by atoms with E-state index in [4.69, 9.17) is 34.8 Å². The Hall–Kier alpha value is -0.800. The Bertz CT molecular complexity index is 572. The molecule has 0 fully saturated rings. The van der Waals surface area contributed by atoms with Crippen molar-refractivity contribution in [3.05, 3.63) is 62.9 Å². The van der Waals surface area contributed by atoms with Crippen LogP contribution in [0.15, 0.2) is 36.5 Å². The number of aromatic nitrogens is 1. The highest BCUT2D eigenvalue weighted by Gasteiger charge is 2.16. The molecule has 1 N–H and O–H groups in total. The summed E-state index contributed by atoms with van der Waals surface area (Å²) in [5.41, 5.74) is 1.82. The monoisotopic (exact) mass is 314 g/mol. The second kappa shape index (κ2) is 6.58. The number of benzene rings is 1. The molecule has 19 heavy (non-hydrogen) atoms. The fourth-order valence-electron chi connectivity index (χ4n) is 1.90. The molecule has 1 aromatic heterocycles. The van der Waals surface area contributed by atoms with Crippen molar-refractivity contribution in [2.75, 3.05) is 7.05 Å². The van der Waals surface area contributed by atoms with Gasteiger partial charge in [0.15, 0.2) is 0 Å². The van der Waals surface area contributed by atoms with Gasteiger partial charge in [-0.05, 0) is 31.2 Å². The highest BCUT2D eigenvalue weighted by molar-refractivity contribution is 6.34. The Morgan fingerprint density at radius 2 is 1.89 bits per heavy atom. The summed E-state index contributed by atoms with van der Waals surface area (Å²) in [5, 5.41) is 5.03. The summed E-state index contributed by atoms with van der Waals surface area (Å²) in [4.78, 5) is 4.31. The fourth-order valence-corrected chi connectivity index (χ4v) is 2.63. The van der Waals surface area contributed by atoms with Crippen molar-refractivity contribution in [3.8, 4) is 0 Å². The van der Waals surface area contributed by atoms with E-state index in [0.29, 0.717) is 16.5 Å². The fraction of sp³-hybridized carbons (Fsp3) is 0.214. The van der Waals surface area contributed by atoms with Crippen molar-refractivity contribution >= 4 is 34.8 Å². The third-order valence-corrected chi connectivity index (χ3v) is 3.77. The lowest BCUT2D eigenvalue weighted by molar-refractivity contribution is 0.576. The molecule has 0 bridgehead atoms. The third-order valence-electron chi connectivity index (χ3n) is 2.90. The molecule has 5 heteroatoms. The van der Waals surface area contributed by atoms with Gasteiger partial charge in [-0.2, -0.15) is 0 Å². The van der Waals surface area contributed by atoms with E-state index in [1.54, 1.807) is 12.3 Å². The van der Waals surface area contributed by atoms with Gasteiger partial charge in [0.1, 0.15) is 0 Å². The van der Waals surface area contributed by atoms with Gasteiger partial charge in [-0.1, -0.05) is 53.0 Å². The second-order valence-corrected chi connectivity index (χ2v) is 5.41. The first kappa shape index (κ1) is 14.6. The van der Waals surface area contributed by atoms with E-state index in [9.17, 15) is 0 Å². The lowest BCUT2D eigenvalue weighted by atomic mass is 10.0. The van der Waals surface area contributed by atoms with Crippen molar-refractivity contribution in [2.45, 2.75) is 12.5 Å². The van der Waals surface area contributed by atoms with Crippen LogP contribution in [0.1, 0.15) is 17.3 Å². The van der Waals surface area contributed by atoms with Crippen LogP contribution < -0.4 is 5.32 Å². The zero-order valence-electron chi connectivity index (χ0n) is 10.3. The molecule has 0 aliphatic heterocycles. The molecule has 1 heterocycles. The van der Waals surface area contributed by atoms with Gasteiger partial charge < -0.3 is 5.32 Å². The van der Waals surface area contributed by atoms with Gasteiger partial charge in [-0.25, -0.2) is 0 Å². The molecule has 0 spiro atoms. The van der Waals surface area contributed by atoms with Crippen LogP contribution in [0.2, 0.25) is 15.1 Å². The van der Waals surface area contributed by atoms with Crippen LogP contribution in [0.5, 0.6) is 0 Å². The molecular weight excluding hydrogens is 303 g/mol. The van der Waals surface area contributed by atoms with E-state index in [2.05, 4.69) is 10.3 Å². The first-order chi connectivity index (χ1) is 9.11. The molecule has 2 nitrogen and oxygen atoms in total. The Morgan fingerprint density at radius 1 is 1.16 bits per heavy atom. The van der Waals surface area contributed by atoms with Crippen LogP contribution in [-0.4, -0.2) is 12.0 Å². The van der Waals surface area contributed by atoms with Crippen molar-refractivity contribution in [1.82, 2.24) is 10.3 Å². The number of halogens is 3. The Balaban J connectivity index is 2.28. The smallest absolute Gasteiger partial charge is 0.0763 e. The second-order valence-electron chi connectivity index (χ2n) is 4.16. The Labute approximate surface area is 127 Å². The van der Waals surface area contributed by atoms with Crippen LogP contribution in [0.3, 0.4) is 0 Å². The predicted molar refractivity (Wildman–Crippen MR) is 81.2 cm³/mol. The zero-order chi connectivity index (χ0) is 13.8. The highest BCUT2D eigenvalue weighted by Crippen LogP contribution is 2.28. The summed E-state index contributed by atoms with van der Waals surface area (Å²) < 4.78 is 0. The Morgan fingerprint density at radius 3 is 2.53 bits per heavy atom. The molecule has 100 valence electrons. The first-order valence-electron chi connectivity index (χ1n) is 5.83. The molecule has 0 aliphatic carbocycles. The lowest BCUT2D eigenvalue weighted by Crippen LogP contribution is -2.20. The maximum Gasteiger partial charge on any atom is 0.0763 e. The minimum Gasteiger partial charge on any atom is -0.311 e. The van der Waals surface area contributed by atoms with Crippen LogP contribution in [0, 0.1) is 0 Å². The number of nitrogens with one attached hydrogen (secondary N) is 1. The van der Waals surface area contributed by atoms with E-state index < -0.39 is 0 Å². The van der Waals surface area contributed by atoms with Gasteiger partial charge in [0, 0.05) is 11.2 Å². The molecule has 1 unspecified atom stereocenters. The van der Waals surface area contributed by atoms with E-state index in [1.165, 1.54) is 0 Å². The standard InChI is InChI=1S/C14H13Cl3N2/c1-18-13(6-9-4-2-3-5-11(9)16)14-12(17)7-10(15)8-19-14/h2-5,7-8,13,18H,6H2,1H3. The molecule has 0 radical (unpaired) electrons. The molecule has 2 aromatic rings. The largest absolute Gasteiger partial charge is 0.311 e. The minimum atomic E-state index is -0.00957. The average Bonchev–Trinajstić information content (AvgIpc) is 2.39. The summed E-state index contributed by atoms with van der Waals surface area (Å²) >= 11 is 18.2. The van der Waals surface area contributed by atoms with Crippen molar-refractivity contribution in [1.29, 1.82) is 0 Å². The third kappa shape index (κ3) is 3.61. The number of pyridine rings is 1. The molecule has 0 aliphatic rings. The van der Waals surface area contributed by atoms with Gasteiger partial charge in [-0.15, -0.1) is 0 Å². The van der Waals surface area contributed by atoms with Crippen molar-refractivity contribution in [2.24, 2.45) is 0 Å². The minimum absolute atomic E-state index is 0.00957. The highest BCUT2D eigenvalue weighted by atomic mass is 35.5. The van der Waals surface area contributed by atoms with E-state index in [-0.39, 0.29) is 6.04 Å². The summed E-state index contributed by atoms with van der Waals surface area (Å²) in [6.45, 7) is 0. The van der Waals surface area contributed by atoms with Gasteiger partial charge in [0.25, 0.3) is 0 Å². The number of hydrogen-bond donors (Lipinski definition) is 1. The van der Waals surface area contributed by atoms with Crippen LogP contribution in [-0.2, 0) is 6.42 Å². The molecule has 2 rings (SSSR count). The number of hydrogen-bond acceptors (Lipinski definition) is 2. The van der Waals surface area contributed by atoms with E-state index in [0.717, 1.165) is 16.3 Å². The predicted octanol–water partition coefficient (Wildman–Crippen LogP) is 4.55. The van der Waals surface area contributed by atoms with Crippen LogP contribution >= 0.6 is 34.8 Å². The molecule has 1 aromatic carbocycles. The topological polar surface area (TPSA) is 24.9 Å². The normalized spacial score (nSPS) is 12.4. The quantitative estimate of drug-likeness (QED) is 0.895. The van der Waals surface area contributed by atoms with Gasteiger partial charge >= 0.3 is 0 Å². The average molecular weight is 316 g/mol. The Kier molecular flexibility index (Phi) is 5.06. The summed E-state index contributed by atoms with van der Waals surface area (Å²) in [5.74, 6) is 0. The zero-order valence-corrected chi connectivity index (χ0v) is 12.6. The molecule has 0 saturated carbocycles. The van der Waals surface area contributed by atoms with Gasteiger partial charge in [0.2, 0.25) is 0 Å². The molecule has 0 saturated heterocycles. The maximum atomic E-state index is 6.19. The van der Waals surface area contributed by atoms with Gasteiger partial charge in [0.05, 0.1) is 21.8 Å². The lowest BCUT2D eigenvalue weighted by Gasteiger charge is -2.17. The molecule has 0 amide bonds. The van der Waals surface area contributed by atoms with Crippen molar-refractivity contribution < 1.29 is 0 Å².